The van der Waals surface area contributed by atoms with E-state index in [0.29, 0.717) is 18.6 Å². The molecule has 2 fully saturated rings. The van der Waals surface area contributed by atoms with Crippen LogP contribution in [0.25, 0.3) is 0 Å². The molecule has 2 heterocycles. The Morgan fingerprint density at radius 1 is 1.47 bits per heavy atom. The monoisotopic (exact) mass is 265 g/mol. The minimum Gasteiger partial charge on any atom is -0.483 e. The lowest BCUT2D eigenvalue weighted by atomic mass is 9.64. The van der Waals surface area contributed by atoms with Crippen LogP contribution < -0.4 is 10.5 Å². The SMILES string of the molecule is CC1(C)CC(Cn2cc(O[C@@H]3COC[C@@H]3N)cn2)C1. The molecule has 2 N–H and O–H groups in total. The average Bonchev–Trinajstić information content (AvgIpc) is 2.88. The average molecular weight is 265 g/mol. The molecular formula is C14H23N3O2. The third-order valence-electron chi connectivity index (χ3n) is 4.09. The fourth-order valence-electron chi connectivity index (χ4n) is 3.25. The molecule has 0 amide bonds. The molecule has 1 aliphatic heterocycles. The van der Waals surface area contributed by atoms with Gasteiger partial charge in [-0.25, -0.2) is 0 Å². The van der Waals surface area contributed by atoms with Gasteiger partial charge in [0.1, 0.15) is 6.10 Å². The van der Waals surface area contributed by atoms with Crippen molar-refractivity contribution in [3.63, 3.8) is 0 Å². The molecule has 0 radical (unpaired) electrons. The Hall–Kier alpha value is -1.07. The molecule has 2 aliphatic rings. The molecule has 19 heavy (non-hydrogen) atoms. The van der Waals surface area contributed by atoms with Crippen molar-refractivity contribution in [2.24, 2.45) is 17.1 Å². The zero-order valence-electron chi connectivity index (χ0n) is 11.7. The van der Waals surface area contributed by atoms with Gasteiger partial charge in [-0.05, 0) is 24.2 Å². The number of nitrogens with two attached hydrogens (primary N) is 1. The first-order valence-electron chi connectivity index (χ1n) is 7.04. The zero-order chi connectivity index (χ0) is 13.5. The van der Waals surface area contributed by atoms with Gasteiger partial charge in [0.25, 0.3) is 0 Å². The van der Waals surface area contributed by atoms with Crippen molar-refractivity contribution in [1.82, 2.24) is 9.78 Å². The van der Waals surface area contributed by atoms with Gasteiger partial charge in [0.2, 0.25) is 0 Å². The van der Waals surface area contributed by atoms with Gasteiger partial charge in [0.15, 0.2) is 5.75 Å². The number of rotatable bonds is 4. The summed E-state index contributed by atoms with van der Waals surface area (Å²) < 4.78 is 13.1. The minimum absolute atomic E-state index is 0.0317. The third-order valence-corrected chi connectivity index (χ3v) is 4.09. The highest BCUT2D eigenvalue weighted by Gasteiger charge is 2.36. The van der Waals surface area contributed by atoms with E-state index in [1.165, 1.54) is 12.8 Å². The summed E-state index contributed by atoms with van der Waals surface area (Å²) in [4.78, 5) is 0. The molecule has 1 aromatic rings. The second-order valence-electron chi connectivity index (χ2n) is 6.69. The highest BCUT2D eigenvalue weighted by atomic mass is 16.5. The van der Waals surface area contributed by atoms with Crippen molar-refractivity contribution in [1.29, 1.82) is 0 Å². The molecule has 1 aromatic heterocycles. The lowest BCUT2D eigenvalue weighted by Gasteiger charge is -2.42. The maximum absolute atomic E-state index is 5.90. The largest absolute Gasteiger partial charge is 0.483 e. The molecule has 3 rings (SSSR count). The van der Waals surface area contributed by atoms with Crippen LogP contribution in [0.3, 0.4) is 0 Å². The number of aromatic nitrogens is 2. The Labute approximate surface area is 114 Å². The topological polar surface area (TPSA) is 62.3 Å². The Morgan fingerprint density at radius 2 is 2.26 bits per heavy atom. The van der Waals surface area contributed by atoms with Crippen molar-refractivity contribution >= 4 is 0 Å². The number of nitrogens with zero attached hydrogens (tertiary/aromatic N) is 2. The van der Waals surface area contributed by atoms with Crippen molar-refractivity contribution in [2.75, 3.05) is 13.2 Å². The number of hydrogen-bond acceptors (Lipinski definition) is 4. The quantitative estimate of drug-likeness (QED) is 0.894. The van der Waals surface area contributed by atoms with Gasteiger partial charge in [-0.1, -0.05) is 13.8 Å². The lowest BCUT2D eigenvalue weighted by Crippen LogP contribution is -2.37. The predicted molar refractivity (Wildman–Crippen MR) is 71.9 cm³/mol. The molecule has 0 unspecified atom stereocenters. The summed E-state index contributed by atoms with van der Waals surface area (Å²) in [5.74, 6) is 1.55. The van der Waals surface area contributed by atoms with Crippen LogP contribution in [0.1, 0.15) is 26.7 Å². The Balaban J connectivity index is 1.52. The lowest BCUT2D eigenvalue weighted by molar-refractivity contribution is 0.0798. The van der Waals surface area contributed by atoms with E-state index < -0.39 is 0 Å². The third kappa shape index (κ3) is 2.92. The van der Waals surface area contributed by atoms with Crippen molar-refractivity contribution in [3.05, 3.63) is 12.4 Å². The molecular weight excluding hydrogens is 242 g/mol. The van der Waals surface area contributed by atoms with Gasteiger partial charge < -0.3 is 15.2 Å². The van der Waals surface area contributed by atoms with Gasteiger partial charge in [-0.15, -0.1) is 0 Å². The number of ether oxygens (including phenoxy) is 2. The van der Waals surface area contributed by atoms with E-state index in [1.807, 2.05) is 10.9 Å². The smallest absolute Gasteiger partial charge is 0.157 e. The predicted octanol–water partition coefficient (Wildman–Crippen LogP) is 1.42. The van der Waals surface area contributed by atoms with E-state index in [0.717, 1.165) is 18.2 Å². The van der Waals surface area contributed by atoms with E-state index in [9.17, 15) is 0 Å². The van der Waals surface area contributed by atoms with Gasteiger partial charge in [-0.3, -0.25) is 4.68 Å². The molecule has 1 aliphatic carbocycles. The van der Waals surface area contributed by atoms with Crippen LogP contribution in [0.5, 0.6) is 5.75 Å². The van der Waals surface area contributed by atoms with Crippen LogP contribution in [0.2, 0.25) is 0 Å². The standard InChI is InChI=1S/C14H23N3O2/c1-14(2)3-10(4-14)6-17-7-11(5-16-17)19-13-9-18-8-12(13)15/h5,7,10,12-13H,3-4,6,8-9,15H2,1-2H3/t12-,13+/m0/s1. The van der Waals surface area contributed by atoms with Gasteiger partial charge in [0, 0.05) is 6.54 Å². The van der Waals surface area contributed by atoms with Crippen molar-refractivity contribution in [2.45, 2.75) is 45.4 Å². The maximum atomic E-state index is 5.90. The molecule has 5 heteroatoms. The van der Waals surface area contributed by atoms with Gasteiger partial charge in [0.05, 0.1) is 31.6 Å². The minimum atomic E-state index is -0.0414. The van der Waals surface area contributed by atoms with Crippen LogP contribution in [-0.4, -0.2) is 35.1 Å². The van der Waals surface area contributed by atoms with Crippen molar-refractivity contribution < 1.29 is 9.47 Å². The second kappa shape index (κ2) is 4.80. The molecule has 2 atom stereocenters. The van der Waals surface area contributed by atoms with Crippen LogP contribution in [0.15, 0.2) is 12.4 Å². The van der Waals surface area contributed by atoms with E-state index in [-0.39, 0.29) is 12.1 Å². The first-order valence-corrected chi connectivity index (χ1v) is 7.04. The summed E-state index contributed by atoms with van der Waals surface area (Å²) in [5, 5.41) is 4.36. The molecule has 5 nitrogen and oxygen atoms in total. The highest BCUT2D eigenvalue weighted by molar-refractivity contribution is 5.13. The van der Waals surface area contributed by atoms with E-state index in [1.54, 1.807) is 6.20 Å². The highest BCUT2D eigenvalue weighted by Crippen LogP contribution is 2.45. The summed E-state index contributed by atoms with van der Waals surface area (Å²) in [6.45, 7) is 6.78. The summed E-state index contributed by atoms with van der Waals surface area (Å²) in [6.07, 6.45) is 6.26. The normalized spacial score (nSPS) is 30.3. The maximum Gasteiger partial charge on any atom is 0.157 e. The molecule has 0 spiro atoms. The van der Waals surface area contributed by atoms with Crippen LogP contribution in [0, 0.1) is 11.3 Å². The summed E-state index contributed by atoms with van der Waals surface area (Å²) >= 11 is 0. The van der Waals surface area contributed by atoms with Crippen LogP contribution in [-0.2, 0) is 11.3 Å². The second-order valence-corrected chi connectivity index (χ2v) is 6.69. The zero-order valence-corrected chi connectivity index (χ0v) is 11.7. The summed E-state index contributed by atoms with van der Waals surface area (Å²) in [6, 6.07) is -0.0317. The molecule has 106 valence electrons. The Kier molecular flexibility index (Phi) is 3.27. The summed E-state index contributed by atoms with van der Waals surface area (Å²) in [7, 11) is 0. The Bertz CT molecular complexity index is 436. The van der Waals surface area contributed by atoms with E-state index in [4.69, 9.17) is 15.2 Å². The molecule has 1 saturated heterocycles. The van der Waals surface area contributed by atoms with E-state index in [2.05, 4.69) is 18.9 Å². The molecule has 0 aromatic carbocycles. The van der Waals surface area contributed by atoms with Crippen LogP contribution in [0.4, 0.5) is 0 Å². The molecule has 0 bridgehead atoms. The molecule has 1 saturated carbocycles. The van der Waals surface area contributed by atoms with Gasteiger partial charge >= 0.3 is 0 Å². The fourth-order valence-corrected chi connectivity index (χ4v) is 3.25. The van der Waals surface area contributed by atoms with E-state index >= 15 is 0 Å². The first-order chi connectivity index (χ1) is 9.02. The number of hydrogen-bond donors (Lipinski definition) is 1. The summed E-state index contributed by atoms with van der Waals surface area (Å²) in [5.41, 5.74) is 6.42. The van der Waals surface area contributed by atoms with Crippen LogP contribution >= 0.6 is 0 Å². The first kappa shape index (κ1) is 12.9. The van der Waals surface area contributed by atoms with Gasteiger partial charge in [-0.2, -0.15) is 5.10 Å². The Morgan fingerprint density at radius 3 is 2.89 bits per heavy atom. The van der Waals surface area contributed by atoms with Crippen molar-refractivity contribution in [3.8, 4) is 5.75 Å². The fraction of sp³-hybridized carbons (Fsp3) is 0.786.